The van der Waals surface area contributed by atoms with Crippen LogP contribution in [0.2, 0.25) is 0 Å². The summed E-state index contributed by atoms with van der Waals surface area (Å²) < 4.78 is 0. The van der Waals surface area contributed by atoms with Crippen molar-refractivity contribution in [3.63, 3.8) is 0 Å². The smallest absolute Gasteiger partial charge is 0.261 e. The van der Waals surface area contributed by atoms with E-state index in [1.807, 2.05) is 13.8 Å². The Bertz CT molecular complexity index is 666. The number of nitrogens with zero attached hydrogens (tertiary/aromatic N) is 1. The number of nitrogens with one attached hydrogen (secondary N) is 2. The number of fused-ring (bicyclic) bond motifs is 1. The zero-order valence-corrected chi connectivity index (χ0v) is 14.7. The fourth-order valence-corrected chi connectivity index (χ4v) is 2.50. The van der Waals surface area contributed by atoms with Crippen LogP contribution >= 0.6 is 0 Å². The molecule has 0 fully saturated rings. The normalized spacial score (nSPS) is 15.6. The van der Waals surface area contributed by atoms with Gasteiger partial charge in [-0.05, 0) is 32.4 Å². The second kappa shape index (κ2) is 7.92. The van der Waals surface area contributed by atoms with Crippen LogP contribution in [-0.2, 0) is 9.59 Å². The van der Waals surface area contributed by atoms with E-state index in [-0.39, 0.29) is 30.8 Å². The Labute approximate surface area is 146 Å². The van der Waals surface area contributed by atoms with Gasteiger partial charge in [-0.25, -0.2) is 0 Å². The van der Waals surface area contributed by atoms with E-state index in [1.54, 1.807) is 31.2 Å². The summed E-state index contributed by atoms with van der Waals surface area (Å²) >= 11 is 0. The first-order valence-electron chi connectivity index (χ1n) is 8.40. The van der Waals surface area contributed by atoms with Gasteiger partial charge >= 0.3 is 0 Å². The van der Waals surface area contributed by atoms with Crippen molar-refractivity contribution in [2.45, 2.75) is 45.7 Å². The minimum atomic E-state index is -0.677. The first kappa shape index (κ1) is 18.6. The molecule has 0 saturated carbocycles. The molecule has 0 aromatic heterocycles. The third kappa shape index (κ3) is 4.23. The van der Waals surface area contributed by atoms with Gasteiger partial charge < -0.3 is 10.6 Å². The molecule has 0 radical (unpaired) electrons. The van der Waals surface area contributed by atoms with Crippen molar-refractivity contribution in [2.75, 3.05) is 6.54 Å². The van der Waals surface area contributed by atoms with Crippen molar-refractivity contribution >= 4 is 23.6 Å². The molecule has 2 N–H and O–H groups in total. The molecule has 25 heavy (non-hydrogen) atoms. The van der Waals surface area contributed by atoms with Gasteiger partial charge in [-0.15, -0.1) is 0 Å². The van der Waals surface area contributed by atoms with Gasteiger partial charge in [0.1, 0.15) is 6.04 Å². The second-order valence-electron chi connectivity index (χ2n) is 6.16. The maximum atomic E-state index is 12.2. The molecule has 1 heterocycles. The fraction of sp³-hybridized carbons (Fsp3) is 0.444. The largest absolute Gasteiger partial charge is 0.352 e. The molecule has 1 aromatic carbocycles. The van der Waals surface area contributed by atoms with Gasteiger partial charge in [0.15, 0.2) is 0 Å². The summed E-state index contributed by atoms with van der Waals surface area (Å²) in [7, 11) is 0. The number of amides is 4. The standard InChI is InChI=1S/C18H23N3O4/c1-4-11(2)19-16(23)12(3)20-15(22)9-10-21-17(24)13-7-5-6-8-14(13)18(21)25/h5-8,11-12H,4,9-10H2,1-3H3,(H,19,23)(H,20,22)/t11-,12-/m0/s1. The number of carbonyl (C=O) groups is 4. The molecule has 1 aliphatic heterocycles. The van der Waals surface area contributed by atoms with Gasteiger partial charge in [-0.3, -0.25) is 24.1 Å². The van der Waals surface area contributed by atoms with E-state index >= 15 is 0 Å². The van der Waals surface area contributed by atoms with Crippen molar-refractivity contribution in [1.29, 1.82) is 0 Å². The SMILES string of the molecule is CC[C@H](C)NC(=O)[C@H](C)NC(=O)CCN1C(=O)c2ccccc2C1=O. The number of hydrogen-bond donors (Lipinski definition) is 2. The van der Waals surface area contributed by atoms with Crippen LogP contribution in [0.3, 0.4) is 0 Å². The quantitative estimate of drug-likeness (QED) is 0.723. The number of carbonyl (C=O) groups excluding carboxylic acids is 4. The number of rotatable bonds is 7. The Kier molecular flexibility index (Phi) is 5.90. The predicted octanol–water partition coefficient (Wildman–Crippen LogP) is 1.09. The molecule has 1 aromatic rings. The minimum absolute atomic E-state index is 0.0160. The number of hydrogen-bond acceptors (Lipinski definition) is 4. The van der Waals surface area contributed by atoms with Crippen LogP contribution in [-0.4, -0.2) is 47.2 Å². The summed E-state index contributed by atoms with van der Waals surface area (Å²) in [4.78, 5) is 49.4. The monoisotopic (exact) mass is 345 g/mol. The molecule has 134 valence electrons. The molecule has 7 heteroatoms. The van der Waals surface area contributed by atoms with E-state index in [1.165, 1.54) is 0 Å². The molecule has 7 nitrogen and oxygen atoms in total. The maximum Gasteiger partial charge on any atom is 0.261 e. The van der Waals surface area contributed by atoms with Gasteiger partial charge in [-0.1, -0.05) is 19.1 Å². The number of imide groups is 1. The summed E-state index contributed by atoms with van der Waals surface area (Å²) in [5.74, 6) is -1.43. The fourth-order valence-electron chi connectivity index (χ4n) is 2.50. The van der Waals surface area contributed by atoms with Crippen LogP contribution in [0.15, 0.2) is 24.3 Å². The van der Waals surface area contributed by atoms with Crippen molar-refractivity contribution in [1.82, 2.24) is 15.5 Å². The Hall–Kier alpha value is -2.70. The molecular formula is C18H23N3O4. The van der Waals surface area contributed by atoms with Crippen LogP contribution in [0, 0.1) is 0 Å². The molecule has 1 aliphatic rings. The lowest BCUT2D eigenvalue weighted by molar-refractivity contribution is -0.129. The first-order chi connectivity index (χ1) is 11.8. The predicted molar refractivity (Wildman–Crippen MR) is 91.9 cm³/mol. The van der Waals surface area contributed by atoms with E-state index < -0.39 is 17.9 Å². The third-order valence-electron chi connectivity index (χ3n) is 4.21. The highest BCUT2D eigenvalue weighted by molar-refractivity contribution is 6.21. The molecular weight excluding hydrogens is 322 g/mol. The highest BCUT2D eigenvalue weighted by Crippen LogP contribution is 2.22. The minimum Gasteiger partial charge on any atom is -0.352 e. The molecule has 0 aliphatic carbocycles. The third-order valence-corrected chi connectivity index (χ3v) is 4.21. The molecule has 0 bridgehead atoms. The average molecular weight is 345 g/mol. The lowest BCUT2D eigenvalue weighted by Crippen LogP contribution is -2.47. The Morgan fingerprint density at radius 1 is 1.04 bits per heavy atom. The summed E-state index contributed by atoms with van der Waals surface area (Å²) in [6.45, 7) is 5.42. The Balaban J connectivity index is 1.86. The summed E-state index contributed by atoms with van der Waals surface area (Å²) in [6, 6.07) is 5.93. The lowest BCUT2D eigenvalue weighted by Gasteiger charge is -2.18. The van der Waals surface area contributed by atoms with E-state index in [0.717, 1.165) is 11.3 Å². The highest BCUT2D eigenvalue weighted by Gasteiger charge is 2.35. The van der Waals surface area contributed by atoms with Crippen molar-refractivity contribution in [2.24, 2.45) is 0 Å². The Morgan fingerprint density at radius 3 is 2.12 bits per heavy atom. The van der Waals surface area contributed by atoms with Crippen LogP contribution in [0.25, 0.3) is 0 Å². The lowest BCUT2D eigenvalue weighted by atomic mass is 10.1. The van der Waals surface area contributed by atoms with Gasteiger partial charge in [0.2, 0.25) is 11.8 Å². The van der Waals surface area contributed by atoms with E-state index in [2.05, 4.69) is 10.6 Å². The second-order valence-corrected chi connectivity index (χ2v) is 6.16. The van der Waals surface area contributed by atoms with Crippen LogP contribution in [0.1, 0.15) is 54.3 Å². The summed E-state index contributed by atoms with van der Waals surface area (Å²) in [5, 5.41) is 5.37. The van der Waals surface area contributed by atoms with Gasteiger partial charge in [0.05, 0.1) is 11.1 Å². The van der Waals surface area contributed by atoms with Crippen molar-refractivity contribution < 1.29 is 19.2 Å². The Morgan fingerprint density at radius 2 is 1.60 bits per heavy atom. The van der Waals surface area contributed by atoms with E-state index in [4.69, 9.17) is 0 Å². The highest BCUT2D eigenvalue weighted by atomic mass is 16.2. The van der Waals surface area contributed by atoms with E-state index in [0.29, 0.717) is 11.1 Å². The van der Waals surface area contributed by atoms with E-state index in [9.17, 15) is 19.2 Å². The maximum absolute atomic E-state index is 12.2. The van der Waals surface area contributed by atoms with Crippen LogP contribution in [0.4, 0.5) is 0 Å². The summed E-state index contributed by atoms with van der Waals surface area (Å²) in [5.41, 5.74) is 0.711. The van der Waals surface area contributed by atoms with Crippen molar-refractivity contribution in [3.8, 4) is 0 Å². The van der Waals surface area contributed by atoms with Gasteiger partial charge in [-0.2, -0.15) is 0 Å². The molecule has 0 unspecified atom stereocenters. The molecule has 4 amide bonds. The summed E-state index contributed by atoms with van der Waals surface area (Å²) in [6.07, 6.45) is 0.749. The average Bonchev–Trinajstić information content (AvgIpc) is 2.84. The molecule has 0 spiro atoms. The molecule has 2 atom stereocenters. The first-order valence-corrected chi connectivity index (χ1v) is 8.40. The van der Waals surface area contributed by atoms with Gasteiger partial charge in [0.25, 0.3) is 11.8 Å². The molecule has 0 saturated heterocycles. The van der Waals surface area contributed by atoms with Crippen molar-refractivity contribution in [3.05, 3.63) is 35.4 Å². The van der Waals surface area contributed by atoms with Crippen LogP contribution in [0.5, 0.6) is 0 Å². The van der Waals surface area contributed by atoms with Crippen LogP contribution < -0.4 is 10.6 Å². The van der Waals surface area contributed by atoms with Gasteiger partial charge in [0, 0.05) is 19.0 Å². The number of benzene rings is 1. The molecule has 2 rings (SSSR count). The zero-order valence-electron chi connectivity index (χ0n) is 14.7. The topological polar surface area (TPSA) is 95.6 Å². The zero-order chi connectivity index (χ0) is 18.6.